The minimum absolute atomic E-state index is 0.161. The Balaban J connectivity index is 2.15. The van der Waals surface area contributed by atoms with Crippen LogP contribution in [-0.4, -0.2) is 5.91 Å². The molecule has 0 bridgehead atoms. The Kier molecular flexibility index (Phi) is 4.39. The molecule has 0 radical (unpaired) electrons. The van der Waals surface area contributed by atoms with Gasteiger partial charge in [0.1, 0.15) is 5.82 Å². The van der Waals surface area contributed by atoms with E-state index in [9.17, 15) is 9.18 Å². The second-order valence-electron chi connectivity index (χ2n) is 4.51. The summed E-state index contributed by atoms with van der Waals surface area (Å²) in [5.74, 6) is -1.18. The quantitative estimate of drug-likeness (QED) is 0.835. The van der Waals surface area contributed by atoms with Crippen LogP contribution in [-0.2, 0) is 4.79 Å². The number of anilines is 2. The SMILES string of the molecule is CC(C(=O)Nc1ccc(Br)cc1F)c1cccc(N)c1. The molecule has 2 aromatic rings. The van der Waals surface area contributed by atoms with E-state index in [4.69, 9.17) is 5.73 Å². The van der Waals surface area contributed by atoms with Gasteiger partial charge in [0.25, 0.3) is 0 Å². The predicted molar refractivity (Wildman–Crippen MR) is 82.0 cm³/mol. The summed E-state index contributed by atoms with van der Waals surface area (Å²) >= 11 is 3.17. The van der Waals surface area contributed by atoms with Crippen molar-refractivity contribution in [2.24, 2.45) is 0 Å². The number of nitrogens with one attached hydrogen (secondary N) is 1. The number of nitrogen functional groups attached to an aromatic ring is 1. The molecule has 5 heteroatoms. The Labute approximate surface area is 125 Å². The van der Waals surface area contributed by atoms with Crippen molar-refractivity contribution in [3.05, 3.63) is 58.3 Å². The topological polar surface area (TPSA) is 55.1 Å². The van der Waals surface area contributed by atoms with Gasteiger partial charge < -0.3 is 11.1 Å². The van der Waals surface area contributed by atoms with Gasteiger partial charge in [-0.2, -0.15) is 0 Å². The molecule has 0 aliphatic carbocycles. The highest BCUT2D eigenvalue weighted by Gasteiger charge is 2.17. The molecule has 0 heterocycles. The van der Waals surface area contributed by atoms with E-state index in [1.807, 2.05) is 6.07 Å². The van der Waals surface area contributed by atoms with Crippen LogP contribution < -0.4 is 11.1 Å². The Morgan fingerprint density at radius 1 is 1.30 bits per heavy atom. The van der Waals surface area contributed by atoms with E-state index < -0.39 is 11.7 Å². The van der Waals surface area contributed by atoms with E-state index in [0.29, 0.717) is 10.2 Å². The van der Waals surface area contributed by atoms with Gasteiger partial charge in [0, 0.05) is 10.2 Å². The molecular weight excluding hydrogens is 323 g/mol. The zero-order valence-electron chi connectivity index (χ0n) is 10.9. The monoisotopic (exact) mass is 336 g/mol. The fourth-order valence-electron chi connectivity index (χ4n) is 1.81. The maximum atomic E-state index is 13.7. The smallest absolute Gasteiger partial charge is 0.231 e. The molecular formula is C15H14BrFN2O. The molecule has 1 unspecified atom stereocenters. The van der Waals surface area contributed by atoms with Crippen LogP contribution in [0.3, 0.4) is 0 Å². The minimum Gasteiger partial charge on any atom is -0.399 e. The molecule has 0 aliphatic heterocycles. The number of nitrogens with two attached hydrogens (primary N) is 1. The lowest BCUT2D eigenvalue weighted by atomic mass is 10.00. The predicted octanol–water partition coefficient (Wildman–Crippen LogP) is 3.91. The summed E-state index contributed by atoms with van der Waals surface area (Å²) in [6.07, 6.45) is 0. The van der Waals surface area contributed by atoms with Gasteiger partial charge in [-0.3, -0.25) is 4.79 Å². The van der Waals surface area contributed by atoms with E-state index in [1.54, 1.807) is 31.2 Å². The molecule has 1 atom stereocenters. The van der Waals surface area contributed by atoms with Crippen molar-refractivity contribution < 1.29 is 9.18 Å². The summed E-state index contributed by atoms with van der Waals surface area (Å²) < 4.78 is 14.3. The summed E-state index contributed by atoms with van der Waals surface area (Å²) in [6.45, 7) is 1.75. The van der Waals surface area contributed by atoms with Gasteiger partial charge in [-0.15, -0.1) is 0 Å². The Hall–Kier alpha value is -1.88. The van der Waals surface area contributed by atoms with Gasteiger partial charge in [-0.1, -0.05) is 28.1 Å². The zero-order valence-corrected chi connectivity index (χ0v) is 12.4. The van der Waals surface area contributed by atoms with Crippen molar-refractivity contribution >= 4 is 33.2 Å². The number of carbonyl (C=O) groups excluding carboxylic acids is 1. The lowest BCUT2D eigenvalue weighted by Crippen LogP contribution is -2.19. The van der Waals surface area contributed by atoms with Crippen LogP contribution in [0.25, 0.3) is 0 Å². The summed E-state index contributed by atoms with van der Waals surface area (Å²) in [5.41, 5.74) is 7.24. The molecule has 2 aromatic carbocycles. The highest BCUT2D eigenvalue weighted by Crippen LogP contribution is 2.23. The van der Waals surface area contributed by atoms with Crippen LogP contribution in [0, 0.1) is 5.82 Å². The molecule has 0 aromatic heterocycles. The highest BCUT2D eigenvalue weighted by atomic mass is 79.9. The largest absolute Gasteiger partial charge is 0.399 e. The maximum absolute atomic E-state index is 13.7. The molecule has 104 valence electrons. The second kappa shape index (κ2) is 6.05. The first-order valence-corrected chi connectivity index (χ1v) is 6.88. The molecule has 0 saturated carbocycles. The first-order chi connectivity index (χ1) is 9.47. The van der Waals surface area contributed by atoms with E-state index in [1.165, 1.54) is 12.1 Å². The van der Waals surface area contributed by atoms with Gasteiger partial charge in [-0.05, 0) is 42.8 Å². The fourth-order valence-corrected chi connectivity index (χ4v) is 2.14. The standard InChI is InChI=1S/C15H14BrFN2O/c1-9(10-3-2-4-12(18)7-10)15(20)19-14-6-5-11(16)8-13(14)17/h2-9H,18H2,1H3,(H,19,20). The number of amides is 1. The summed E-state index contributed by atoms with van der Waals surface area (Å²) in [4.78, 5) is 12.1. The minimum atomic E-state index is -0.479. The van der Waals surface area contributed by atoms with Crippen molar-refractivity contribution in [2.75, 3.05) is 11.1 Å². The van der Waals surface area contributed by atoms with Crippen LogP contribution in [0.15, 0.2) is 46.9 Å². The third-order valence-electron chi connectivity index (χ3n) is 2.99. The second-order valence-corrected chi connectivity index (χ2v) is 5.42. The summed E-state index contributed by atoms with van der Waals surface area (Å²) in [7, 11) is 0. The third kappa shape index (κ3) is 3.36. The van der Waals surface area contributed by atoms with Gasteiger partial charge in [0.2, 0.25) is 5.91 Å². The molecule has 3 N–H and O–H groups in total. The van der Waals surface area contributed by atoms with Crippen molar-refractivity contribution in [3.8, 4) is 0 Å². The molecule has 0 aliphatic rings. The van der Waals surface area contributed by atoms with Gasteiger partial charge >= 0.3 is 0 Å². The molecule has 1 amide bonds. The highest BCUT2D eigenvalue weighted by molar-refractivity contribution is 9.10. The van der Waals surface area contributed by atoms with Crippen molar-refractivity contribution in [2.45, 2.75) is 12.8 Å². The summed E-state index contributed by atoms with van der Waals surface area (Å²) in [5, 5.41) is 2.58. The molecule has 3 nitrogen and oxygen atoms in total. The van der Waals surface area contributed by atoms with Crippen molar-refractivity contribution in [3.63, 3.8) is 0 Å². The lowest BCUT2D eigenvalue weighted by molar-refractivity contribution is -0.117. The van der Waals surface area contributed by atoms with Crippen LogP contribution in [0.1, 0.15) is 18.4 Å². The number of halogens is 2. The Bertz CT molecular complexity index is 646. The lowest BCUT2D eigenvalue weighted by Gasteiger charge is -2.13. The Morgan fingerprint density at radius 2 is 2.05 bits per heavy atom. The van der Waals surface area contributed by atoms with E-state index in [0.717, 1.165) is 5.56 Å². The van der Waals surface area contributed by atoms with E-state index in [2.05, 4.69) is 21.2 Å². The number of hydrogen-bond acceptors (Lipinski definition) is 2. The Morgan fingerprint density at radius 3 is 2.70 bits per heavy atom. The van der Waals surface area contributed by atoms with E-state index >= 15 is 0 Å². The fraction of sp³-hybridized carbons (Fsp3) is 0.133. The number of rotatable bonds is 3. The average molecular weight is 337 g/mol. The van der Waals surface area contributed by atoms with Crippen LogP contribution in [0.5, 0.6) is 0 Å². The zero-order chi connectivity index (χ0) is 14.7. The van der Waals surface area contributed by atoms with Crippen LogP contribution in [0.4, 0.5) is 15.8 Å². The normalized spacial score (nSPS) is 11.9. The summed E-state index contributed by atoms with van der Waals surface area (Å²) in [6, 6.07) is 11.6. The average Bonchev–Trinajstić information content (AvgIpc) is 2.41. The first-order valence-electron chi connectivity index (χ1n) is 6.08. The van der Waals surface area contributed by atoms with E-state index in [-0.39, 0.29) is 11.6 Å². The first kappa shape index (κ1) is 14.5. The van der Waals surface area contributed by atoms with Crippen molar-refractivity contribution in [1.29, 1.82) is 0 Å². The molecule has 20 heavy (non-hydrogen) atoms. The molecule has 0 spiro atoms. The number of hydrogen-bond donors (Lipinski definition) is 2. The third-order valence-corrected chi connectivity index (χ3v) is 3.49. The number of carbonyl (C=O) groups is 1. The van der Waals surface area contributed by atoms with Crippen LogP contribution in [0.2, 0.25) is 0 Å². The van der Waals surface area contributed by atoms with Crippen molar-refractivity contribution in [1.82, 2.24) is 0 Å². The molecule has 0 fully saturated rings. The molecule has 2 rings (SSSR count). The van der Waals surface area contributed by atoms with Crippen LogP contribution >= 0.6 is 15.9 Å². The molecule has 0 saturated heterocycles. The maximum Gasteiger partial charge on any atom is 0.231 e. The van der Waals surface area contributed by atoms with Gasteiger partial charge in [-0.25, -0.2) is 4.39 Å². The van der Waals surface area contributed by atoms with Gasteiger partial charge in [0.15, 0.2) is 0 Å². The number of benzene rings is 2. The van der Waals surface area contributed by atoms with Gasteiger partial charge in [0.05, 0.1) is 11.6 Å².